The van der Waals surface area contributed by atoms with E-state index < -0.39 is 15.9 Å². The van der Waals surface area contributed by atoms with Crippen LogP contribution in [0.15, 0.2) is 56.2 Å². The van der Waals surface area contributed by atoms with Gasteiger partial charge in [0.2, 0.25) is 5.76 Å². The predicted octanol–water partition coefficient (Wildman–Crippen LogP) is 3.40. The fraction of sp³-hybridized carbons (Fsp3) is 0.0625. The minimum atomic E-state index is -3.93. The maximum absolute atomic E-state index is 12.8. The lowest BCUT2D eigenvalue weighted by molar-refractivity contribution is 0.0977. The quantitative estimate of drug-likeness (QED) is 0.690. The molecule has 8 heteroatoms. The lowest BCUT2D eigenvalue weighted by Crippen LogP contribution is -2.18. The molecule has 0 atom stereocenters. The molecule has 3 N–H and O–H groups in total. The second kappa shape index (κ2) is 5.95. The Morgan fingerprint density at radius 2 is 1.92 bits per heavy atom. The maximum Gasteiger partial charge on any atom is 0.286 e. The van der Waals surface area contributed by atoms with E-state index >= 15 is 0 Å². The number of benzene rings is 2. The van der Waals surface area contributed by atoms with Crippen molar-refractivity contribution in [3.05, 3.63) is 58.3 Å². The number of fused-ring (bicyclic) bond motifs is 1. The van der Waals surface area contributed by atoms with Gasteiger partial charge in [-0.05, 0) is 36.8 Å². The van der Waals surface area contributed by atoms with Crippen LogP contribution in [0.25, 0.3) is 11.0 Å². The van der Waals surface area contributed by atoms with Crippen molar-refractivity contribution in [2.24, 2.45) is 5.73 Å². The Balaban J connectivity index is 2.17. The predicted molar refractivity (Wildman–Crippen MR) is 94.4 cm³/mol. The summed E-state index contributed by atoms with van der Waals surface area (Å²) < 4.78 is 34.0. The van der Waals surface area contributed by atoms with E-state index in [-0.39, 0.29) is 16.3 Å². The van der Waals surface area contributed by atoms with Crippen LogP contribution in [-0.2, 0) is 10.0 Å². The minimum Gasteiger partial charge on any atom is -0.449 e. The Labute approximate surface area is 146 Å². The van der Waals surface area contributed by atoms with Crippen LogP contribution in [0.3, 0.4) is 0 Å². The summed E-state index contributed by atoms with van der Waals surface area (Å²) in [6.45, 7) is 1.68. The van der Waals surface area contributed by atoms with Gasteiger partial charge in [0.25, 0.3) is 15.9 Å². The molecule has 0 fully saturated rings. The van der Waals surface area contributed by atoms with Crippen molar-refractivity contribution in [3.8, 4) is 0 Å². The minimum absolute atomic E-state index is 0.0393. The number of anilines is 1. The number of halogens is 1. The van der Waals surface area contributed by atoms with Crippen molar-refractivity contribution in [2.75, 3.05) is 4.72 Å². The number of primary amides is 1. The fourth-order valence-corrected chi connectivity index (χ4v) is 4.24. The van der Waals surface area contributed by atoms with Gasteiger partial charge in [-0.2, -0.15) is 0 Å². The van der Waals surface area contributed by atoms with Crippen LogP contribution < -0.4 is 10.5 Å². The van der Waals surface area contributed by atoms with Gasteiger partial charge in [0, 0.05) is 9.86 Å². The topological polar surface area (TPSA) is 102 Å². The number of furan rings is 1. The molecule has 0 radical (unpaired) electrons. The highest BCUT2D eigenvalue weighted by Gasteiger charge is 2.25. The van der Waals surface area contributed by atoms with Crippen molar-refractivity contribution < 1.29 is 17.6 Å². The highest BCUT2D eigenvalue weighted by Crippen LogP contribution is 2.33. The van der Waals surface area contributed by atoms with Crippen LogP contribution in [0.5, 0.6) is 0 Å². The molecule has 3 rings (SSSR count). The molecule has 0 aliphatic carbocycles. The van der Waals surface area contributed by atoms with Gasteiger partial charge in [0.05, 0.1) is 4.90 Å². The SMILES string of the molecule is Cc1ccc(Br)cc1S(=O)(=O)Nc1c(C(N)=O)oc2ccccc12. The molecular weight excluding hydrogens is 396 g/mol. The number of sulfonamides is 1. The summed E-state index contributed by atoms with van der Waals surface area (Å²) in [6.07, 6.45) is 0. The van der Waals surface area contributed by atoms with E-state index in [4.69, 9.17) is 10.2 Å². The van der Waals surface area contributed by atoms with Gasteiger partial charge in [-0.3, -0.25) is 9.52 Å². The largest absolute Gasteiger partial charge is 0.449 e. The zero-order valence-corrected chi connectivity index (χ0v) is 14.9. The van der Waals surface area contributed by atoms with Gasteiger partial charge < -0.3 is 10.2 Å². The van der Waals surface area contributed by atoms with Crippen LogP contribution in [0, 0.1) is 6.92 Å². The number of aryl methyl sites for hydroxylation is 1. The van der Waals surface area contributed by atoms with Crippen molar-refractivity contribution in [1.82, 2.24) is 0 Å². The van der Waals surface area contributed by atoms with E-state index in [2.05, 4.69) is 20.7 Å². The molecule has 6 nitrogen and oxygen atoms in total. The molecular formula is C16H13BrN2O4S. The van der Waals surface area contributed by atoms with Crippen LogP contribution in [0.4, 0.5) is 5.69 Å². The molecule has 0 saturated carbocycles. The van der Waals surface area contributed by atoms with E-state index in [9.17, 15) is 13.2 Å². The Hall–Kier alpha value is -2.32. The molecule has 0 spiro atoms. The zero-order valence-electron chi connectivity index (χ0n) is 12.5. The van der Waals surface area contributed by atoms with Crippen molar-refractivity contribution in [1.29, 1.82) is 0 Å². The van der Waals surface area contributed by atoms with Crippen molar-refractivity contribution in [3.63, 3.8) is 0 Å². The molecule has 0 unspecified atom stereocenters. The van der Waals surface area contributed by atoms with Crippen LogP contribution in [-0.4, -0.2) is 14.3 Å². The molecule has 1 amide bonds. The lowest BCUT2D eigenvalue weighted by atomic mass is 10.2. The first-order valence-corrected chi connectivity index (χ1v) is 9.17. The van der Waals surface area contributed by atoms with Crippen LogP contribution >= 0.6 is 15.9 Å². The summed E-state index contributed by atoms with van der Waals surface area (Å²) in [4.78, 5) is 11.7. The molecule has 1 heterocycles. The summed E-state index contributed by atoms with van der Waals surface area (Å²) in [5.41, 5.74) is 6.29. The number of amides is 1. The van der Waals surface area contributed by atoms with Gasteiger partial charge in [-0.1, -0.05) is 34.1 Å². The Morgan fingerprint density at radius 3 is 2.62 bits per heavy atom. The van der Waals surface area contributed by atoms with Gasteiger partial charge in [0.15, 0.2) is 0 Å². The maximum atomic E-state index is 12.8. The molecule has 1 aromatic heterocycles. The zero-order chi connectivity index (χ0) is 17.5. The monoisotopic (exact) mass is 408 g/mol. The molecule has 0 aliphatic heterocycles. The molecule has 24 heavy (non-hydrogen) atoms. The third kappa shape index (κ3) is 2.90. The first-order chi connectivity index (χ1) is 11.3. The number of para-hydroxylation sites is 1. The molecule has 0 saturated heterocycles. The fourth-order valence-electron chi connectivity index (χ4n) is 2.37. The van der Waals surface area contributed by atoms with E-state index in [0.29, 0.717) is 21.0 Å². The third-order valence-corrected chi connectivity index (χ3v) is 5.48. The first-order valence-electron chi connectivity index (χ1n) is 6.90. The van der Waals surface area contributed by atoms with Gasteiger partial charge in [-0.25, -0.2) is 8.42 Å². The summed E-state index contributed by atoms with van der Waals surface area (Å²) >= 11 is 3.26. The highest BCUT2D eigenvalue weighted by atomic mass is 79.9. The van der Waals surface area contributed by atoms with Crippen LogP contribution in [0.1, 0.15) is 16.1 Å². The summed E-state index contributed by atoms with van der Waals surface area (Å²) in [5.74, 6) is -1.08. The van der Waals surface area contributed by atoms with E-state index in [1.54, 1.807) is 43.3 Å². The third-order valence-electron chi connectivity index (χ3n) is 3.50. The summed E-state index contributed by atoms with van der Waals surface area (Å²) in [7, 11) is -3.93. The Kier molecular flexibility index (Phi) is 4.10. The van der Waals surface area contributed by atoms with Crippen molar-refractivity contribution >= 4 is 48.5 Å². The molecule has 0 aliphatic rings. The molecule has 0 bridgehead atoms. The number of hydrogen-bond acceptors (Lipinski definition) is 4. The first kappa shape index (κ1) is 16.5. The van der Waals surface area contributed by atoms with Crippen LogP contribution in [0.2, 0.25) is 0 Å². The Bertz CT molecular complexity index is 1060. The smallest absolute Gasteiger partial charge is 0.286 e. The summed E-state index contributed by atoms with van der Waals surface area (Å²) in [6, 6.07) is 11.6. The van der Waals surface area contributed by atoms with Crippen molar-refractivity contribution in [2.45, 2.75) is 11.8 Å². The Morgan fingerprint density at radius 1 is 1.21 bits per heavy atom. The number of nitrogens with two attached hydrogens (primary N) is 1. The summed E-state index contributed by atoms with van der Waals surface area (Å²) in [5, 5.41) is 0.461. The lowest BCUT2D eigenvalue weighted by Gasteiger charge is -2.10. The van der Waals surface area contributed by atoms with E-state index in [1.165, 1.54) is 6.07 Å². The second-order valence-electron chi connectivity index (χ2n) is 5.18. The number of nitrogens with one attached hydrogen (secondary N) is 1. The second-order valence-corrected chi connectivity index (χ2v) is 7.75. The average molecular weight is 409 g/mol. The standard InChI is InChI=1S/C16H13BrN2O4S/c1-9-6-7-10(17)8-13(9)24(21,22)19-14-11-4-2-3-5-12(11)23-15(14)16(18)20/h2-8,19H,1H3,(H2,18,20). The molecule has 124 valence electrons. The number of carbonyl (C=O) groups is 1. The van der Waals surface area contributed by atoms with Gasteiger partial charge in [-0.15, -0.1) is 0 Å². The molecule has 3 aromatic rings. The van der Waals surface area contributed by atoms with E-state index in [0.717, 1.165) is 0 Å². The van der Waals surface area contributed by atoms with Gasteiger partial charge in [0.1, 0.15) is 11.3 Å². The highest BCUT2D eigenvalue weighted by molar-refractivity contribution is 9.10. The number of rotatable bonds is 4. The molecule has 2 aromatic carbocycles. The number of hydrogen-bond donors (Lipinski definition) is 2. The van der Waals surface area contributed by atoms with E-state index in [1.807, 2.05) is 0 Å². The average Bonchev–Trinajstić information content (AvgIpc) is 2.88. The normalized spacial score (nSPS) is 11.6. The number of carbonyl (C=O) groups excluding carboxylic acids is 1. The van der Waals surface area contributed by atoms with Gasteiger partial charge >= 0.3 is 0 Å².